The summed E-state index contributed by atoms with van der Waals surface area (Å²) in [6.45, 7) is 2.12. The fourth-order valence-electron chi connectivity index (χ4n) is 6.84. The summed E-state index contributed by atoms with van der Waals surface area (Å²) >= 11 is 0. The standard InChI is InChI=1S/C47H42N2O2Si2/c1-2-40(48-50-52(41-26-12-4-13-27-41,42-28-14-5-15-29-42)43-30-16-6-17-31-43)38-47(39-24-10-3-11-25-39)49-51-53(44-32-18-7-19-33-44,45-34-20-8-21-35-45)46-36-22-9-23-37-46/h3-37H,2,38H2,1H3. The first-order chi connectivity index (χ1) is 26.2. The smallest absolute Gasteiger partial charge is 0.380 e. The number of benzene rings is 7. The quantitative estimate of drug-likeness (QED) is 0.0530. The molecular weight excluding hydrogens is 681 g/mol. The maximum atomic E-state index is 7.14. The van der Waals surface area contributed by atoms with Crippen molar-refractivity contribution < 1.29 is 9.05 Å². The summed E-state index contributed by atoms with van der Waals surface area (Å²) in [6.07, 6.45) is 1.12. The summed E-state index contributed by atoms with van der Waals surface area (Å²) in [6, 6.07) is 73.5. The molecule has 0 unspecified atom stereocenters. The predicted molar refractivity (Wildman–Crippen MR) is 225 cm³/mol. The van der Waals surface area contributed by atoms with Crippen LogP contribution in [-0.2, 0) is 9.05 Å². The van der Waals surface area contributed by atoms with Crippen molar-refractivity contribution in [3.8, 4) is 0 Å². The zero-order valence-corrected chi connectivity index (χ0v) is 31.8. The normalized spacial score (nSPS) is 12.2. The van der Waals surface area contributed by atoms with Gasteiger partial charge in [0.1, 0.15) is 0 Å². The molecule has 0 bridgehead atoms. The van der Waals surface area contributed by atoms with Gasteiger partial charge in [0.05, 0.1) is 11.4 Å². The Morgan fingerprint density at radius 1 is 0.377 bits per heavy atom. The van der Waals surface area contributed by atoms with E-state index in [0.29, 0.717) is 12.8 Å². The van der Waals surface area contributed by atoms with Gasteiger partial charge in [0, 0.05) is 6.42 Å². The minimum absolute atomic E-state index is 0.451. The number of hydrogen-bond acceptors (Lipinski definition) is 4. The van der Waals surface area contributed by atoms with E-state index in [2.05, 4.69) is 165 Å². The van der Waals surface area contributed by atoms with Crippen LogP contribution in [0, 0.1) is 0 Å². The van der Waals surface area contributed by atoms with Crippen molar-refractivity contribution in [1.82, 2.24) is 0 Å². The van der Waals surface area contributed by atoms with Gasteiger partial charge >= 0.3 is 16.6 Å². The molecule has 0 saturated heterocycles. The molecule has 0 fully saturated rings. The Balaban J connectivity index is 1.35. The number of hydrogen-bond donors (Lipinski definition) is 0. The first kappa shape index (κ1) is 35.3. The van der Waals surface area contributed by atoms with Crippen molar-refractivity contribution in [3.63, 3.8) is 0 Å². The highest BCUT2D eigenvalue weighted by Crippen LogP contribution is 2.16. The van der Waals surface area contributed by atoms with E-state index in [-0.39, 0.29) is 0 Å². The predicted octanol–water partition coefficient (Wildman–Crippen LogP) is 6.91. The Kier molecular flexibility index (Phi) is 11.3. The van der Waals surface area contributed by atoms with Crippen LogP contribution in [0.5, 0.6) is 0 Å². The molecule has 7 aromatic rings. The Bertz CT molecular complexity index is 2030. The lowest BCUT2D eigenvalue weighted by molar-refractivity contribution is 0.344. The molecule has 4 nitrogen and oxygen atoms in total. The first-order valence-electron chi connectivity index (χ1n) is 18.1. The number of nitrogens with zero attached hydrogens (tertiary/aromatic N) is 2. The molecule has 0 N–H and O–H groups in total. The maximum Gasteiger partial charge on any atom is 0.380 e. The topological polar surface area (TPSA) is 43.2 Å². The molecule has 0 radical (unpaired) electrons. The molecule has 260 valence electrons. The highest BCUT2D eigenvalue weighted by molar-refractivity contribution is 7.07. The van der Waals surface area contributed by atoms with E-state index < -0.39 is 16.6 Å². The molecule has 7 rings (SSSR count). The van der Waals surface area contributed by atoms with Crippen molar-refractivity contribution in [2.24, 2.45) is 10.3 Å². The SMILES string of the molecule is CCC(CC(=NO[Si](c1ccccc1)(c1ccccc1)c1ccccc1)c1ccccc1)=NO[Si](c1ccccc1)(c1ccccc1)c1ccccc1. The van der Waals surface area contributed by atoms with Gasteiger partial charge in [-0.3, -0.25) is 0 Å². The van der Waals surface area contributed by atoms with E-state index in [9.17, 15) is 0 Å². The summed E-state index contributed by atoms with van der Waals surface area (Å²) in [5.41, 5.74) is 2.64. The summed E-state index contributed by atoms with van der Waals surface area (Å²) in [5, 5.41) is 17.0. The van der Waals surface area contributed by atoms with Gasteiger partial charge in [-0.25, -0.2) is 0 Å². The third kappa shape index (κ3) is 7.60. The zero-order valence-electron chi connectivity index (χ0n) is 29.8. The lowest BCUT2D eigenvalue weighted by Crippen LogP contribution is -2.68. The van der Waals surface area contributed by atoms with E-state index >= 15 is 0 Å². The van der Waals surface area contributed by atoms with E-state index in [1.807, 2.05) is 54.6 Å². The van der Waals surface area contributed by atoms with Crippen LogP contribution >= 0.6 is 0 Å². The van der Waals surface area contributed by atoms with Crippen LogP contribution in [0.1, 0.15) is 25.3 Å². The number of oxime groups is 2. The van der Waals surface area contributed by atoms with Gasteiger partial charge in [-0.2, -0.15) is 0 Å². The highest BCUT2D eigenvalue weighted by atomic mass is 28.4. The van der Waals surface area contributed by atoms with E-state index in [1.165, 1.54) is 0 Å². The largest absolute Gasteiger partial charge is 0.438 e. The average molecular weight is 723 g/mol. The van der Waals surface area contributed by atoms with Crippen LogP contribution in [0.15, 0.2) is 223 Å². The first-order valence-corrected chi connectivity index (χ1v) is 21.9. The van der Waals surface area contributed by atoms with Crippen LogP contribution in [0.4, 0.5) is 0 Å². The Morgan fingerprint density at radius 2 is 0.642 bits per heavy atom. The van der Waals surface area contributed by atoms with Crippen LogP contribution in [0.25, 0.3) is 0 Å². The highest BCUT2D eigenvalue weighted by Gasteiger charge is 2.46. The lowest BCUT2D eigenvalue weighted by atomic mass is 10.0. The monoisotopic (exact) mass is 722 g/mol. The minimum Gasteiger partial charge on any atom is -0.438 e. The lowest BCUT2D eigenvalue weighted by Gasteiger charge is -2.31. The second kappa shape index (κ2) is 17.0. The molecule has 0 spiro atoms. The molecular formula is C47H42N2O2Si2. The average Bonchev–Trinajstić information content (AvgIpc) is 3.25. The van der Waals surface area contributed by atoms with E-state index in [0.717, 1.165) is 48.1 Å². The Labute approximate surface area is 315 Å². The molecule has 0 aliphatic heterocycles. The summed E-state index contributed by atoms with van der Waals surface area (Å²) in [5.74, 6) is 0. The van der Waals surface area contributed by atoms with Crippen molar-refractivity contribution in [3.05, 3.63) is 218 Å². The zero-order chi connectivity index (χ0) is 36.2. The van der Waals surface area contributed by atoms with Gasteiger partial charge in [0.2, 0.25) is 0 Å². The molecule has 0 aliphatic carbocycles. The van der Waals surface area contributed by atoms with Crippen molar-refractivity contribution in [2.45, 2.75) is 19.8 Å². The van der Waals surface area contributed by atoms with Crippen molar-refractivity contribution in [2.75, 3.05) is 0 Å². The van der Waals surface area contributed by atoms with Gasteiger partial charge < -0.3 is 9.05 Å². The number of rotatable bonds is 14. The van der Waals surface area contributed by atoms with E-state index in [4.69, 9.17) is 19.4 Å². The molecule has 53 heavy (non-hydrogen) atoms. The van der Waals surface area contributed by atoms with Crippen LogP contribution in [-0.4, -0.2) is 28.1 Å². The van der Waals surface area contributed by atoms with Crippen molar-refractivity contribution in [1.29, 1.82) is 0 Å². The van der Waals surface area contributed by atoms with Crippen LogP contribution in [0.3, 0.4) is 0 Å². The van der Waals surface area contributed by atoms with E-state index in [1.54, 1.807) is 0 Å². The summed E-state index contributed by atoms with van der Waals surface area (Å²) in [7, 11) is -6.18. The van der Waals surface area contributed by atoms with Gasteiger partial charge in [-0.1, -0.05) is 219 Å². The van der Waals surface area contributed by atoms with Gasteiger partial charge in [0.15, 0.2) is 0 Å². The molecule has 0 saturated carbocycles. The maximum absolute atomic E-state index is 7.14. The molecule has 7 aromatic carbocycles. The van der Waals surface area contributed by atoms with Crippen molar-refractivity contribution >= 4 is 59.2 Å². The molecule has 0 heterocycles. The van der Waals surface area contributed by atoms with Crippen LogP contribution < -0.4 is 31.1 Å². The third-order valence-corrected chi connectivity index (χ3v) is 17.2. The van der Waals surface area contributed by atoms with Gasteiger partial charge in [-0.05, 0) is 43.1 Å². The summed E-state index contributed by atoms with van der Waals surface area (Å²) < 4.78 is 14.2. The second-order valence-corrected chi connectivity index (χ2v) is 19.4. The second-order valence-electron chi connectivity index (χ2n) is 12.8. The third-order valence-electron chi connectivity index (χ3n) is 9.57. The van der Waals surface area contributed by atoms with Gasteiger partial charge in [0.25, 0.3) is 0 Å². The molecule has 6 heteroatoms. The minimum atomic E-state index is -3.11. The fraction of sp³-hybridized carbons (Fsp3) is 0.0638. The Morgan fingerprint density at radius 3 is 0.925 bits per heavy atom. The molecule has 0 atom stereocenters. The van der Waals surface area contributed by atoms with Crippen LogP contribution in [0.2, 0.25) is 0 Å². The fourth-order valence-corrected chi connectivity index (χ4v) is 14.0. The molecule has 0 aliphatic rings. The Hall–Kier alpha value is -6.09. The molecule has 0 aromatic heterocycles. The van der Waals surface area contributed by atoms with Gasteiger partial charge in [-0.15, -0.1) is 10.3 Å². The summed E-state index contributed by atoms with van der Waals surface area (Å²) in [4.78, 5) is 0. The molecule has 0 amide bonds.